The van der Waals surface area contributed by atoms with Crippen molar-refractivity contribution in [3.63, 3.8) is 0 Å². The van der Waals surface area contributed by atoms with E-state index >= 15 is 0 Å². The molecule has 34 heavy (non-hydrogen) atoms. The topological polar surface area (TPSA) is 64.8 Å². The van der Waals surface area contributed by atoms with E-state index in [1.807, 2.05) is 66.9 Å². The Morgan fingerprint density at radius 3 is 2.32 bits per heavy atom. The molecule has 0 fully saturated rings. The van der Waals surface area contributed by atoms with Gasteiger partial charge in [-0.2, -0.15) is 5.10 Å². The van der Waals surface area contributed by atoms with Crippen LogP contribution in [-0.4, -0.2) is 26.7 Å². The van der Waals surface area contributed by atoms with Gasteiger partial charge in [0.25, 0.3) is 5.56 Å². The van der Waals surface area contributed by atoms with Gasteiger partial charge in [0.1, 0.15) is 5.69 Å². The number of H-pyrrole nitrogens is 1. The third kappa shape index (κ3) is 3.84. The first kappa shape index (κ1) is 21.2. The molecule has 2 aromatic heterocycles. The van der Waals surface area contributed by atoms with Crippen molar-refractivity contribution in [1.82, 2.24) is 19.6 Å². The molecule has 0 unspecified atom stereocenters. The monoisotopic (exact) mass is 452 g/mol. The number of para-hydroxylation sites is 2. The summed E-state index contributed by atoms with van der Waals surface area (Å²) in [6, 6.07) is 23.5. The van der Waals surface area contributed by atoms with E-state index in [0.717, 1.165) is 5.69 Å². The van der Waals surface area contributed by atoms with Crippen molar-refractivity contribution in [2.75, 3.05) is 7.11 Å². The van der Waals surface area contributed by atoms with E-state index in [4.69, 9.17) is 9.84 Å². The normalized spacial score (nSPS) is 11.6. The molecule has 6 nitrogen and oxygen atoms in total. The summed E-state index contributed by atoms with van der Waals surface area (Å²) in [7, 11) is 1.42. The second-order valence-corrected chi connectivity index (χ2v) is 7.69. The molecule has 5 aromatic rings. The van der Waals surface area contributed by atoms with Crippen molar-refractivity contribution in [3.8, 4) is 28.4 Å². The van der Waals surface area contributed by atoms with Crippen molar-refractivity contribution in [2.45, 2.75) is 0 Å². The summed E-state index contributed by atoms with van der Waals surface area (Å²) in [6.45, 7) is 4.02. The highest BCUT2D eigenvalue weighted by atomic mass is 19.1. The van der Waals surface area contributed by atoms with Gasteiger partial charge in [0.05, 0.1) is 29.1 Å². The minimum absolute atomic E-state index is 0.146. The van der Waals surface area contributed by atoms with Crippen molar-refractivity contribution < 1.29 is 9.13 Å². The number of nitrogens with one attached hydrogen (secondary N) is 1. The highest BCUT2D eigenvalue weighted by Crippen LogP contribution is 2.28. The minimum atomic E-state index is -0.494. The smallest absolute Gasteiger partial charge is 0.279 e. The summed E-state index contributed by atoms with van der Waals surface area (Å²) in [5.41, 5.74) is 3.03. The fourth-order valence-corrected chi connectivity index (χ4v) is 3.80. The van der Waals surface area contributed by atoms with Crippen LogP contribution in [0.3, 0.4) is 0 Å². The van der Waals surface area contributed by atoms with Crippen LogP contribution in [-0.2, 0) is 0 Å². The highest BCUT2D eigenvalue weighted by molar-refractivity contribution is 5.72. The summed E-state index contributed by atoms with van der Waals surface area (Å²) in [6.07, 6.45) is 3.54. The van der Waals surface area contributed by atoms with E-state index < -0.39 is 5.82 Å². The Labute approximate surface area is 194 Å². The van der Waals surface area contributed by atoms with E-state index in [1.54, 1.807) is 22.9 Å². The number of aromatic amines is 1. The first-order valence-electron chi connectivity index (χ1n) is 10.6. The summed E-state index contributed by atoms with van der Waals surface area (Å²) in [4.78, 5) is 13.2. The van der Waals surface area contributed by atoms with Crippen LogP contribution in [0.25, 0.3) is 35.3 Å². The quantitative estimate of drug-likeness (QED) is 0.445. The molecule has 0 aliphatic rings. The van der Waals surface area contributed by atoms with Crippen molar-refractivity contribution in [3.05, 3.63) is 117 Å². The number of hydrogen-bond acceptors (Lipinski definition) is 3. The molecule has 1 N–H and O–H groups in total. The van der Waals surface area contributed by atoms with E-state index in [2.05, 4.69) is 11.7 Å². The molecule has 0 saturated carbocycles. The minimum Gasteiger partial charge on any atom is -0.494 e. The van der Waals surface area contributed by atoms with E-state index in [0.29, 0.717) is 33.1 Å². The number of aromatic nitrogens is 4. The average Bonchev–Trinajstić information content (AvgIpc) is 3.42. The Kier molecular flexibility index (Phi) is 5.43. The van der Waals surface area contributed by atoms with Crippen LogP contribution in [0.15, 0.2) is 89.9 Å². The number of halogens is 1. The van der Waals surface area contributed by atoms with Crippen molar-refractivity contribution in [1.29, 1.82) is 0 Å². The van der Waals surface area contributed by atoms with Gasteiger partial charge in [-0.05, 0) is 48.5 Å². The third-order valence-electron chi connectivity index (χ3n) is 5.51. The second kappa shape index (κ2) is 8.71. The highest BCUT2D eigenvalue weighted by Gasteiger charge is 2.14. The molecular formula is C27H21FN4O2. The van der Waals surface area contributed by atoms with Crippen LogP contribution in [0.5, 0.6) is 5.75 Å². The zero-order valence-electron chi connectivity index (χ0n) is 18.4. The Balaban J connectivity index is 1.72. The lowest BCUT2D eigenvalue weighted by Crippen LogP contribution is -2.33. The summed E-state index contributed by atoms with van der Waals surface area (Å²) >= 11 is 0. The molecule has 5 rings (SSSR count). The zero-order chi connectivity index (χ0) is 23.7. The second-order valence-electron chi connectivity index (χ2n) is 7.69. The van der Waals surface area contributed by atoms with Crippen LogP contribution in [0.4, 0.5) is 4.39 Å². The summed E-state index contributed by atoms with van der Waals surface area (Å²) in [5.74, 6) is -0.348. The molecule has 0 radical (unpaired) electrons. The van der Waals surface area contributed by atoms with Gasteiger partial charge in [0, 0.05) is 17.3 Å². The molecule has 0 bridgehead atoms. The van der Waals surface area contributed by atoms with Gasteiger partial charge in [-0.15, -0.1) is 0 Å². The van der Waals surface area contributed by atoms with Crippen LogP contribution < -0.4 is 20.9 Å². The first-order valence-corrected chi connectivity index (χ1v) is 10.6. The molecule has 3 aromatic carbocycles. The molecule has 0 aliphatic carbocycles. The number of methoxy groups -OCH3 is 1. The fraction of sp³-hybridized carbons (Fsp3) is 0.0370. The molecule has 7 heteroatoms. The van der Waals surface area contributed by atoms with Gasteiger partial charge in [-0.25, -0.2) is 13.8 Å². The maximum absolute atomic E-state index is 14.5. The van der Waals surface area contributed by atoms with Crippen molar-refractivity contribution >= 4 is 12.7 Å². The Morgan fingerprint density at radius 1 is 1.00 bits per heavy atom. The van der Waals surface area contributed by atoms with Gasteiger partial charge in [0.2, 0.25) is 0 Å². The predicted octanol–water partition coefficient (Wildman–Crippen LogP) is 3.41. The molecule has 0 atom stereocenters. The van der Waals surface area contributed by atoms with E-state index in [-0.39, 0.29) is 11.3 Å². The van der Waals surface area contributed by atoms with Gasteiger partial charge in [0.15, 0.2) is 11.6 Å². The summed E-state index contributed by atoms with van der Waals surface area (Å²) < 4.78 is 22.7. The molecule has 2 heterocycles. The molecule has 0 aliphatic heterocycles. The lowest BCUT2D eigenvalue weighted by molar-refractivity contribution is 0.386. The van der Waals surface area contributed by atoms with Gasteiger partial charge < -0.3 is 4.74 Å². The number of nitrogens with zero attached hydrogens (tertiary/aromatic N) is 3. The maximum Gasteiger partial charge on any atom is 0.279 e. The molecule has 0 amide bonds. The fourth-order valence-electron chi connectivity index (χ4n) is 3.80. The average molecular weight is 452 g/mol. The van der Waals surface area contributed by atoms with Gasteiger partial charge in [-0.3, -0.25) is 9.89 Å². The first-order chi connectivity index (χ1) is 16.5. The molecule has 0 saturated heterocycles. The standard InChI is InChI=1S/C27H21FN4O2/c1-18-23(27(33)32(29-18)22-11-7-4-8-12-22)15-20-17-31(21-9-5-3-6-10-21)30-26(20)19-13-14-25(34-2)24(28)16-19/h3-17,29H,1H2,2H3/b23-15-. The largest absolute Gasteiger partial charge is 0.494 e. The predicted molar refractivity (Wildman–Crippen MR) is 130 cm³/mol. The van der Waals surface area contributed by atoms with Gasteiger partial charge >= 0.3 is 0 Å². The number of rotatable bonds is 5. The van der Waals surface area contributed by atoms with E-state index in [1.165, 1.54) is 17.9 Å². The van der Waals surface area contributed by atoms with E-state index in [9.17, 15) is 9.18 Å². The third-order valence-corrected chi connectivity index (χ3v) is 5.51. The molecular weight excluding hydrogens is 431 g/mol. The number of hydrogen-bond donors (Lipinski definition) is 1. The maximum atomic E-state index is 14.5. The van der Waals surface area contributed by atoms with Crippen LogP contribution in [0.1, 0.15) is 5.56 Å². The van der Waals surface area contributed by atoms with Crippen LogP contribution >= 0.6 is 0 Å². The summed E-state index contributed by atoms with van der Waals surface area (Å²) in [5, 5.41) is 8.60. The zero-order valence-corrected chi connectivity index (χ0v) is 18.4. The molecule has 168 valence electrons. The Bertz CT molecular complexity index is 1630. The lowest BCUT2D eigenvalue weighted by atomic mass is 10.1. The Morgan fingerprint density at radius 2 is 1.68 bits per heavy atom. The van der Waals surface area contributed by atoms with Crippen LogP contribution in [0.2, 0.25) is 0 Å². The molecule has 0 spiro atoms. The van der Waals surface area contributed by atoms with Crippen LogP contribution in [0, 0.1) is 5.82 Å². The number of benzene rings is 3. The lowest BCUT2D eigenvalue weighted by Gasteiger charge is -2.04. The SMILES string of the molecule is C=c1[nH]n(-c2ccccc2)c(=O)/c1=C\c1cn(-c2ccccc2)nc1-c1ccc(OC)c(F)c1. The Hall–Kier alpha value is -4.65. The van der Waals surface area contributed by atoms with Crippen molar-refractivity contribution in [2.24, 2.45) is 0 Å². The number of ether oxygens (including phenoxy) is 1. The van der Waals surface area contributed by atoms with Gasteiger partial charge in [-0.1, -0.05) is 43.0 Å².